The molecule has 9 N–H and O–H groups in total. The molecule has 0 aliphatic carbocycles. The van der Waals surface area contributed by atoms with E-state index in [2.05, 4.69) is 8.62 Å². The maximum absolute atomic E-state index is 9.63. The maximum Gasteiger partial charge on any atom is 2.00 e. The molecule has 15 nitrogen and oxygen atoms in total. The molecule has 0 unspecified atom stereocenters. The zero-order valence-electron chi connectivity index (χ0n) is 8.75. The fourth-order valence-electron chi connectivity index (χ4n) is 0.269. The molecule has 129 valence electrons. The van der Waals surface area contributed by atoms with E-state index in [4.69, 9.17) is 29.4 Å². The third kappa shape index (κ3) is 36.4. The molecule has 0 aromatic carbocycles. The van der Waals surface area contributed by atoms with Gasteiger partial charge < -0.3 is 49.9 Å². The molecule has 0 aliphatic heterocycles. The van der Waals surface area contributed by atoms with Crippen molar-refractivity contribution in [1.82, 2.24) is 6.15 Å². The zero-order valence-corrected chi connectivity index (χ0v) is 13.3. The van der Waals surface area contributed by atoms with Crippen molar-refractivity contribution in [2.75, 3.05) is 0 Å². The number of phosphoric acid groups is 4. The van der Waals surface area contributed by atoms with E-state index in [0.29, 0.717) is 0 Å². The van der Waals surface area contributed by atoms with Crippen molar-refractivity contribution >= 4 is 31.3 Å². The number of hydrogen-bond donors (Lipinski definition) is 7. The van der Waals surface area contributed by atoms with Gasteiger partial charge in [0, 0.05) is 0 Å². The van der Waals surface area contributed by atoms with Crippen LogP contribution in [0.25, 0.3) is 0 Å². The number of hydrogen-bond acceptors (Lipinski definition) is 9. The molecular formula is H9CuNO14P4. The van der Waals surface area contributed by atoms with Crippen molar-refractivity contribution in [2.24, 2.45) is 0 Å². The smallest absolute Gasteiger partial charge is 0.789 e. The van der Waals surface area contributed by atoms with Crippen molar-refractivity contribution in [1.29, 1.82) is 0 Å². The molecule has 20 heteroatoms. The monoisotopic (exact) mass is 434 g/mol. The first-order chi connectivity index (χ1) is 7.41. The van der Waals surface area contributed by atoms with Crippen LogP contribution in [-0.2, 0) is 44.0 Å². The van der Waals surface area contributed by atoms with Gasteiger partial charge in [0.25, 0.3) is 0 Å². The van der Waals surface area contributed by atoms with E-state index in [9.17, 15) is 28.0 Å². The Morgan fingerprint density at radius 1 is 0.650 bits per heavy atom. The largest absolute Gasteiger partial charge is 2.00 e. The second kappa shape index (κ2) is 9.90. The normalized spacial score (nSPS) is 12.4. The van der Waals surface area contributed by atoms with Crippen LogP contribution in [0.15, 0.2) is 0 Å². The van der Waals surface area contributed by atoms with Crippen molar-refractivity contribution in [3.8, 4) is 0 Å². The minimum Gasteiger partial charge on any atom is -0.789 e. The minimum absolute atomic E-state index is 0. The average Bonchev–Trinajstić information content (AvgIpc) is 1.64. The first-order valence-corrected chi connectivity index (χ1v) is 9.08. The van der Waals surface area contributed by atoms with E-state index < -0.39 is 31.3 Å². The van der Waals surface area contributed by atoms with Crippen LogP contribution in [0.2, 0.25) is 0 Å². The Labute approximate surface area is 121 Å². The summed E-state index contributed by atoms with van der Waals surface area (Å²) in [6.07, 6.45) is 0. The predicted molar refractivity (Wildman–Crippen MR) is 50.9 cm³/mol. The van der Waals surface area contributed by atoms with E-state index >= 15 is 0 Å². The molecular weight excluding hydrogens is 425 g/mol. The Balaban J connectivity index is -0.000000116. The summed E-state index contributed by atoms with van der Waals surface area (Å²) < 4.78 is 43.9. The summed E-state index contributed by atoms with van der Waals surface area (Å²) in [6.45, 7) is 0. The summed E-state index contributed by atoms with van der Waals surface area (Å²) >= 11 is 0. The molecule has 0 heterocycles. The molecule has 0 atom stereocenters. The Bertz CT molecular complexity index is 348. The Morgan fingerprint density at radius 3 is 0.850 bits per heavy atom. The van der Waals surface area contributed by atoms with Gasteiger partial charge in [0.15, 0.2) is 0 Å². The Hall–Kier alpha value is 0.999. The third-order valence-corrected chi connectivity index (χ3v) is 3.77. The van der Waals surface area contributed by atoms with Crippen LogP contribution in [0.1, 0.15) is 0 Å². The Morgan fingerprint density at radius 2 is 0.850 bits per heavy atom. The van der Waals surface area contributed by atoms with E-state index in [1.165, 1.54) is 0 Å². The van der Waals surface area contributed by atoms with Crippen LogP contribution in [0.4, 0.5) is 0 Å². The molecule has 0 aromatic heterocycles. The summed E-state index contributed by atoms with van der Waals surface area (Å²) in [5.41, 5.74) is 0. The minimum atomic E-state index is -5.55. The van der Waals surface area contributed by atoms with Crippen LogP contribution >= 0.6 is 31.3 Å². The van der Waals surface area contributed by atoms with Gasteiger partial charge in [0.05, 0.1) is 7.82 Å². The summed E-state index contributed by atoms with van der Waals surface area (Å²) in [5.74, 6) is 0. The van der Waals surface area contributed by atoms with Crippen LogP contribution in [0.5, 0.6) is 0 Å². The van der Waals surface area contributed by atoms with Gasteiger partial charge in [-0.3, -0.25) is 4.31 Å². The van der Waals surface area contributed by atoms with Gasteiger partial charge in [-0.25, -0.2) is 13.7 Å². The molecule has 0 rings (SSSR count). The molecule has 1 radical (unpaired) electrons. The van der Waals surface area contributed by atoms with Crippen molar-refractivity contribution in [3.05, 3.63) is 0 Å². The van der Waals surface area contributed by atoms with Crippen LogP contribution in [-0.4, -0.2) is 29.4 Å². The molecule has 0 aliphatic rings. The number of rotatable bonds is 4. The second-order valence-corrected chi connectivity index (χ2v) is 7.23. The predicted octanol–water partition coefficient (Wildman–Crippen LogP) is -2.73. The van der Waals surface area contributed by atoms with E-state index in [0.717, 1.165) is 0 Å². The summed E-state index contributed by atoms with van der Waals surface area (Å²) in [4.78, 5) is 65.1. The molecule has 0 saturated heterocycles. The first kappa shape index (κ1) is 29.1. The average molecular weight is 435 g/mol. The standard InChI is InChI=1S/Cu.H3N.2H4O7P2/c;;2*1-8(2,3)7-9(4,5)6/h;1H3;2*(H2,1,2,3)(H2,4,5,6)/q+2;;;/p-2. The fraction of sp³-hybridized carbons (Fsp3) is 0. The van der Waals surface area contributed by atoms with Gasteiger partial charge in [-0.2, -0.15) is 4.31 Å². The van der Waals surface area contributed by atoms with Gasteiger partial charge in [-0.05, 0) is 0 Å². The van der Waals surface area contributed by atoms with Gasteiger partial charge in [-0.1, -0.05) is 0 Å². The molecule has 0 bridgehead atoms. The van der Waals surface area contributed by atoms with Crippen LogP contribution < -0.4 is 15.9 Å². The Kier molecular flexibility index (Phi) is 14.4. The first-order valence-electron chi connectivity index (χ1n) is 3.03. The van der Waals surface area contributed by atoms with Crippen molar-refractivity contribution < 1.29 is 83.1 Å². The zero-order chi connectivity index (χ0) is 15.4. The SMILES string of the molecule is N.O=P(O)(O)OP(=O)(O)O.O=P([O-])([O-])OP(=O)(O)O.[Cu+2]. The van der Waals surface area contributed by atoms with Crippen LogP contribution in [0, 0.1) is 0 Å². The van der Waals surface area contributed by atoms with Gasteiger partial charge >= 0.3 is 40.5 Å². The van der Waals surface area contributed by atoms with Crippen LogP contribution in [0.3, 0.4) is 0 Å². The third-order valence-electron chi connectivity index (χ3n) is 0.419. The molecule has 20 heavy (non-hydrogen) atoms. The molecule has 0 spiro atoms. The summed E-state index contributed by atoms with van der Waals surface area (Å²) in [5, 5.41) is 0. The van der Waals surface area contributed by atoms with E-state index in [-0.39, 0.29) is 23.2 Å². The van der Waals surface area contributed by atoms with Gasteiger partial charge in [-0.15, -0.1) is 0 Å². The maximum atomic E-state index is 9.63. The fourth-order valence-corrected chi connectivity index (χ4v) is 2.42. The van der Waals surface area contributed by atoms with Gasteiger partial charge in [0.2, 0.25) is 0 Å². The topological polar surface area (TPSA) is 289 Å². The molecule has 0 fully saturated rings. The second-order valence-electron chi connectivity index (χ2n) is 2.08. The summed E-state index contributed by atoms with van der Waals surface area (Å²) in [7, 11) is -20.8. The van der Waals surface area contributed by atoms with E-state index in [1.807, 2.05) is 0 Å². The van der Waals surface area contributed by atoms with Crippen molar-refractivity contribution in [3.63, 3.8) is 0 Å². The quantitative estimate of drug-likeness (QED) is 0.174. The molecule has 0 saturated carbocycles. The molecule has 0 aromatic rings. The van der Waals surface area contributed by atoms with Crippen molar-refractivity contribution in [2.45, 2.75) is 0 Å². The molecule has 0 amide bonds. The summed E-state index contributed by atoms with van der Waals surface area (Å²) in [6, 6.07) is 0. The van der Waals surface area contributed by atoms with E-state index in [1.54, 1.807) is 0 Å². The van der Waals surface area contributed by atoms with Gasteiger partial charge in [0.1, 0.15) is 0 Å².